The second-order valence-electron chi connectivity index (χ2n) is 6.79. The number of ether oxygens (including phenoxy) is 2. The number of carbonyl (C=O) groups excluding carboxylic acids is 2. The normalized spacial score (nSPS) is 15.5. The largest absolute Gasteiger partial charge is 0.454 e. The van der Waals surface area contributed by atoms with E-state index in [1.807, 2.05) is 36.1 Å². The van der Waals surface area contributed by atoms with Crippen molar-refractivity contribution in [1.82, 2.24) is 4.90 Å². The van der Waals surface area contributed by atoms with Crippen molar-refractivity contribution in [3.63, 3.8) is 0 Å². The molecule has 1 fully saturated rings. The predicted octanol–water partition coefficient (Wildman–Crippen LogP) is 2.73. The zero-order chi connectivity index (χ0) is 19.5. The van der Waals surface area contributed by atoms with Crippen molar-refractivity contribution in [3.8, 4) is 11.5 Å². The number of carbonyl (C=O) groups is 2. The van der Waals surface area contributed by atoms with Crippen LogP contribution in [0.25, 0.3) is 0 Å². The van der Waals surface area contributed by atoms with Crippen LogP contribution in [0, 0.1) is 0 Å². The van der Waals surface area contributed by atoms with E-state index >= 15 is 0 Å². The maximum atomic E-state index is 12.5. The van der Waals surface area contributed by atoms with Crippen molar-refractivity contribution in [2.45, 2.75) is 13.3 Å². The van der Waals surface area contributed by atoms with Gasteiger partial charge in [0.25, 0.3) is 5.91 Å². The summed E-state index contributed by atoms with van der Waals surface area (Å²) in [5.74, 6) is 1.25. The molecule has 1 saturated heterocycles. The molecule has 0 aromatic heterocycles. The Labute approximate surface area is 163 Å². The zero-order valence-corrected chi connectivity index (χ0v) is 15.8. The van der Waals surface area contributed by atoms with E-state index in [9.17, 15) is 9.59 Å². The highest BCUT2D eigenvalue weighted by Gasteiger charge is 2.20. The van der Waals surface area contributed by atoms with Crippen LogP contribution in [0.1, 0.15) is 23.7 Å². The van der Waals surface area contributed by atoms with Crippen LogP contribution in [-0.4, -0.2) is 49.7 Å². The molecule has 2 amide bonds. The van der Waals surface area contributed by atoms with Crippen molar-refractivity contribution in [3.05, 3.63) is 48.0 Å². The molecule has 4 rings (SSSR count). The van der Waals surface area contributed by atoms with Crippen molar-refractivity contribution >= 4 is 23.2 Å². The van der Waals surface area contributed by atoms with Gasteiger partial charge in [-0.05, 0) is 42.5 Å². The maximum absolute atomic E-state index is 12.5. The van der Waals surface area contributed by atoms with Crippen LogP contribution in [0.15, 0.2) is 42.5 Å². The van der Waals surface area contributed by atoms with Gasteiger partial charge in [0.05, 0.1) is 0 Å². The average molecular weight is 381 g/mol. The van der Waals surface area contributed by atoms with Crippen LogP contribution in [0.5, 0.6) is 11.5 Å². The van der Waals surface area contributed by atoms with E-state index < -0.39 is 0 Å². The summed E-state index contributed by atoms with van der Waals surface area (Å²) in [6, 6.07) is 12.9. The van der Waals surface area contributed by atoms with Gasteiger partial charge in [-0.2, -0.15) is 0 Å². The van der Waals surface area contributed by atoms with E-state index in [1.54, 1.807) is 18.2 Å². The third-order valence-electron chi connectivity index (χ3n) is 5.06. The second-order valence-corrected chi connectivity index (χ2v) is 6.79. The van der Waals surface area contributed by atoms with Gasteiger partial charge < -0.3 is 24.6 Å². The van der Waals surface area contributed by atoms with Crippen molar-refractivity contribution in [1.29, 1.82) is 0 Å². The minimum Gasteiger partial charge on any atom is -0.454 e. The summed E-state index contributed by atoms with van der Waals surface area (Å²) >= 11 is 0. The van der Waals surface area contributed by atoms with Crippen LogP contribution in [0.2, 0.25) is 0 Å². The van der Waals surface area contributed by atoms with E-state index in [2.05, 4.69) is 10.2 Å². The maximum Gasteiger partial charge on any atom is 0.255 e. The fourth-order valence-corrected chi connectivity index (χ4v) is 3.43. The number of fused-ring (bicyclic) bond motifs is 1. The zero-order valence-electron chi connectivity index (χ0n) is 15.8. The predicted molar refractivity (Wildman–Crippen MR) is 106 cm³/mol. The third-order valence-corrected chi connectivity index (χ3v) is 5.06. The van der Waals surface area contributed by atoms with Gasteiger partial charge in [-0.1, -0.05) is 6.92 Å². The fraction of sp³-hybridized carbons (Fsp3) is 0.333. The molecule has 2 aliphatic rings. The van der Waals surface area contributed by atoms with Crippen LogP contribution >= 0.6 is 0 Å². The first-order chi connectivity index (χ1) is 13.6. The molecule has 0 spiro atoms. The van der Waals surface area contributed by atoms with Gasteiger partial charge in [0.1, 0.15) is 0 Å². The van der Waals surface area contributed by atoms with E-state index in [0.29, 0.717) is 23.5 Å². The van der Waals surface area contributed by atoms with Crippen LogP contribution < -0.4 is 19.7 Å². The highest BCUT2D eigenvalue weighted by molar-refractivity contribution is 6.04. The quantitative estimate of drug-likeness (QED) is 0.882. The average Bonchev–Trinajstić information content (AvgIpc) is 3.22. The van der Waals surface area contributed by atoms with Gasteiger partial charge in [-0.25, -0.2) is 0 Å². The fourth-order valence-electron chi connectivity index (χ4n) is 3.43. The molecule has 2 heterocycles. The number of hydrogen-bond acceptors (Lipinski definition) is 5. The summed E-state index contributed by atoms with van der Waals surface area (Å²) < 4.78 is 10.6. The van der Waals surface area contributed by atoms with E-state index in [0.717, 1.165) is 37.6 Å². The molecule has 0 unspecified atom stereocenters. The van der Waals surface area contributed by atoms with Crippen molar-refractivity contribution in [2.75, 3.05) is 43.2 Å². The van der Waals surface area contributed by atoms with Gasteiger partial charge in [0.15, 0.2) is 11.5 Å². The van der Waals surface area contributed by atoms with Gasteiger partial charge in [0.2, 0.25) is 12.7 Å². The Bertz CT molecular complexity index is 874. The molecule has 7 nitrogen and oxygen atoms in total. The monoisotopic (exact) mass is 381 g/mol. The van der Waals surface area contributed by atoms with Crippen molar-refractivity contribution in [2.24, 2.45) is 0 Å². The number of piperazine rings is 1. The first-order valence-corrected chi connectivity index (χ1v) is 9.48. The van der Waals surface area contributed by atoms with Gasteiger partial charge in [-0.15, -0.1) is 0 Å². The lowest BCUT2D eigenvalue weighted by Crippen LogP contribution is -2.48. The molecular formula is C21H23N3O4. The first kappa shape index (κ1) is 18.2. The van der Waals surface area contributed by atoms with Crippen LogP contribution in [0.4, 0.5) is 11.4 Å². The van der Waals surface area contributed by atoms with E-state index in [1.165, 1.54) is 0 Å². The number of rotatable bonds is 4. The molecule has 28 heavy (non-hydrogen) atoms. The summed E-state index contributed by atoms with van der Waals surface area (Å²) in [5.41, 5.74) is 2.33. The Kier molecular flexibility index (Phi) is 5.06. The molecule has 0 bridgehead atoms. The van der Waals surface area contributed by atoms with Crippen LogP contribution in [0.3, 0.4) is 0 Å². The van der Waals surface area contributed by atoms with E-state index in [4.69, 9.17) is 9.47 Å². The molecule has 0 aliphatic carbocycles. The summed E-state index contributed by atoms with van der Waals surface area (Å²) in [4.78, 5) is 28.4. The summed E-state index contributed by atoms with van der Waals surface area (Å²) in [6.07, 6.45) is 0.553. The smallest absolute Gasteiger partial charge is 0.255 e. The lowest BCUT2D eigenvalue weighted by molar-refractivity contribution is -0.131. The number of benzene rings is 2. The Hall–Kier alpha value is -3.22. The van der Waals surface area contributed by atoms with E-state index in [-0.39, 0.29) is 18.6 Å². The minimum atomic E-state index is -0.197. The molecule has 0 atom stereocenters. The Morgan fingerprint density at radius 3 is 2.39 bits per heavy atom. The molecule has 0 saturated carbocycles. The topological polar surface area (TPSA) is 71.1 Å². The minimum absolute atomic E-state index is 0.183. The summed E-state index contributed by atoms with van der Waals surface area (Å²) in [5, 5.41) is 2.90. The Balaban J connectivity index is 1.36. The number of anilines is 2. The third kappa shape index (κ3) is 3.74. The molecule has 2 aliphatic heterocycles. The lowest BCUT2D eigenvalue weighted by Gasteiger charge is -2.36. The lowest BCUT2D eigenvalue weighted by atomic mass is 10.1. The SMILES string of the molecule is CCC(=O)N1CCN(c2ccc(NC(=O)c3ccc4c(c3)OCO4)cc2)CC1. The van der Waals surface area contributed by atoms with Gasteiger partial charge in [0, 0.05) is 49.5 Å². The highest BCUT2D eigenvalue weighted by Crippen LogP contribution is 2.32. The van der Waals surface area contributed by atoms with Gasteiger partial charge >= 0.3 is 0 Å². The Morgan fingerprint density at radius 1 is 0.964 bits per heavy atom. The number of amides is 2. The Morgan fingerprint density at radius 2 is 1.68 bits per heavy atom. The molecule has 1 N–H and O–H groups in total. The molecular weight excluding hydrogens is 358 g/mol. The number of nitrogens with zero attached hydrogens (tertiary/aromatic N) is 2. The number of hydrogen-bond donors (Lipinski definition) is 1. The standard InChI is InChI=1S/C21H23N3O4/c1-2-20(25)24-11-9-23(10-12-24)17-6-4-16(5-7-17)22-21(26)15-3-8-18-19(13-15)28-14-27-18/h3-8,13H,2,9-12,14H2,1H3,(H,22,26). The molecule has 7 heteroatoms. The molecule has 2 aromatic rings. The summed E-state index contributed by atoms with van der Waals surface area (Å²) in [7, 11) is 0. The molecule has 146 valence electrons. The highest BCUT2D eigenvalue weighted by atomic mass is 16.7. The van der Waals surface area contributed by atoms with Crippen molar-refractivity contribution < 1.29 is 19.1 Å². The second kappa shape index (κ2) is 7.80. The first-order valence-electron chi connectivity index (χ1n) is 9.48. The van der Waals surface area contributed by atoms with Crippen LogP contribution in [-0.2, 0) is 4.79 Å². The number of nitrogens with one attached hydrogen (secondary N) is 1. The molecule has 2 aromatic carbocycles. The van der Waals surface area contributed by atoms with Gasteiger partial charge in [-0.3, -0.25) is 9.59 Å². The molecule has 0 radical (unpaired) electrons. The summed E-state index contributed by atoms with van der Waals surface area (Å²) in [6.45, 7) is 5.20.